The number of carbonyl (C=O) groups is 1. The van der Waals surface area contributed by atoms with Gasteiger partial charge >= 0.3 is 6.03 Å². The van der Waals surface area contributed by atoms with Gasteiger partial charge in [0.15, 0.2) is 0 Å². The van der Waals surface area contributed by atoms with Gasteiger partial charge in [-0.2, -0.15) is 0 Å². The zero-order chi connectivity index (χ0) is 15.1. The minimum Gasteiger partial charge on any atom is -0.337 e. The van der Waals surface area contributed by atoms with Crippen molar-refractivity contribution < 1.29 is 4.79 Å². The first-order valence-corrected chi connectivity index (χ1v) is 7.31. The van der Waals surface area contributed by atoms with Crippen molar-refractivity contribution in [1.29, 1.82) is 0 Å². The lowest BCUT2D eigenvalue weighted by Crippen LogP contribution is -2.41. The van der Waals surface area contributed by atoms with Crippen molar-refractivity contribution in [2.75, 3.05) is 6.54 Å². The third-order valence-electron chi connectivity index (χ3n) is 3.29. The number of benzene rings is 2. The van der Waals surface area contributed by atoms with Gasteiger partial charge in [-0.05, 0) is 25.0 Å². The number of carbonyl (C=O) groups excluding carboxylic acids is 1. The van der Waals surface area contributed by atoms with Crippen LogP contribution in [0.2, 0.25) is 0 Å². The molecule has 21 heavy (non-hydrogen) atoms. The molecule has 2 aromatic rings. The van der Waals surface area contributed by atoms with Crippen LogP contribution in [0.15, 0.2) is 60.7 Å². The molecular weight excluding hydrogens is 260 g/mol. The molecule has 0 aliphatic carbocycles. The molecule has 2 aromatic carbocycles. The highest BCUT2D eigenvalue weighted by atomic mass is 16.2. The van der Waals surface area contributed by atoms with E-state index in [1.54, 1.807) is 0 Å². The molecule has 0 fully saturated rings. The molecule has 0 spiro atoms. The Kier molecular flexibility index (Phi) is 5.38. The van der Waals surface area contributed by atoms with Gasteiger partial charge in [0.1, 0.15) is 0 Å². The fraction of sp³-hybridized carbons (Fsp3) is 0.278. The first kappa shape index (κ1) is 15.1. The van der Waals surface area contributed by atoms with Crippen molar-refractivity contribution >= 4 is 6.03 Å². The van der Waals surface area contributed by atoms with Crippen molar-refractivity contribution in [2.45, 2.75) is 25.8 Å². The molecule has 0 bridgehead atoms. The van der Waals surface area contributed by atoms with Crippen LogP contribution in [0.1, 0.15) is 30.9 Å². The summed E-state index contributed by atoms with van der Waals surface area (Å²) in [7, 11) is 0. The summed E-state index contributed by atoms with van der Waals surface area (Å²) in [6, 6.07) is 20.5. The van der Waals surface area contributed by atoms with Gasteiger partial charge in [-0.3, -0.25) is 0 Å². The number of hydrogen-bond acceptors (Lipinski definition) is 1. The molecule has 2 N–H and O–H groups in total. The molecule has 110 valence electrons. The SMILES string of the molecule is CC(C)NC(=O)NCC(c1ccccc1)c1ccccc1. The summed E-state index contributed by atoms with van der Waals surface area (Å²) in [5, 5.41) is 5.81. The smallest absolute Gasteiger partial charge is 0.315 e. The third-order valence-corrected chi connectivity index (χ3v) is 3.29. The number of hydrogen-bond donors (Lipinski definition) is 2. The van der Waals surface area contributed by atoms with Crippen LogP contribution in [-0.4, -0.2) is 18.6 Å². The van der Waals surface area contributed by atoms with Gasteiger partial charge in [-0.15, -0.1) is 0 Å². The van der Waals surface area contributed by atoms with E-state index in [9.17, 15) is 4.79 Å². The summed E-state index contributed by atoms with van der Waals surface area (Å²) in [6.07, 6.45) is 0. The van der Waals surface area contributed by atoms with E-state index in [4.69, 9.17) is 0 Å². The van der Waals surface area contributed by atoms with Gasteiger partial charge in [-0.1, -0.05) is 60.7 Å². The van der Waals surface area contributed by atoms with E-state index in [-0.39, 0.29) is 18.0 Å². The molecule has 0 saturated heterocycles. The topological polar surface area (TPSA) is 41.1 Å². The molecule has 0 saturated carbocycles. The van der Waals surface area contributed by atoms with Gasteiger partial charge in [-0.25, -0.2) is 4.79 Å². The fourth-order valence-electron chi connectivity index (χ4n) is 2.31. The van der Waals surface area contributed by atoms with E-state index < -0.39 is 0 Å². The Morgan fingerprint density at radius 1 is 0.905 bits per heavy atom. The van der Waals surface area contributed by atoms with E-state index in [2.05, 4.69) is 34.9 Å². The number of urea groups is 1. The molecule has 0 atom stereocenters. The second-order valence-electron chi connectivity index (χ2n) is 5.38. The van der Waals surface area contributed by atoms with E-state index in [0.29, 0.717) is 6.54 Å². The second-order valence-corrected chi connectivity index (χ2v) is 5.38. The van der Waals surface area contributed by atoms with E-state index in [1.165, 1.54) is 11.1 Å². The lowest BCUT2D eigenvalue weighted by atomic mass is 9.91. The van der Waals surface area contributed by atoms with Gasteiger partial charge in [0.05, 0.1) is 0 Å². The zero-order valence-electron chi connectivity index (χ0n) is 12.5. The van der Waals surface area contributed by atoms with Crippen LogP contribution in [0.5, 0.6) is 0 Å². The molecular formula is C18H22N2O. The van der Waals surface area contributed by atoms with Crippen LogP contribution in [0, 0.1) is 0 Å². The Hall–Kier alpha value is -2.29. The predicted molar refractivity (Wildman–Crippen MR) is 86.4 cm³/mol. The lowest BCUT2D eigenvalue weighted by Gasteiger charge is -2.19. The maximum absolute atomic E-state index is 11.8. The third kappa shape index (κ3) is 4.63. The molecule has 3 nitrogen and oxygen atoms in total. The number of nitrogens with one attached hydrogen (secondary N) is 2. The highest BCUT2D eigenvalue weighted by molar-refractivity contribution is 5.74. The van der Waals surface area contributed by atoms with Crippen molar-refractivity contribution in [2.24, 2.45) is 0 Å². The zero-order valence-corrected chi connectivity index (χ0v) is 12.5. The van der Waals surface area contributed by atoms with Crippen LogP contribution < -0.4 is 10.6 Å². The first-order chi connectivity index (χ1) is 10.2. The van der Waals surface area contributed by atoms with Crippen LogP contribution in [0.25, 0.3) is 0 Å². The predicted octanol–water partition coefficient (Wildman–Crippen LogP) is 3.53. The fourth-order valence-corrected chi connectivity index (χ4v) is 2.31. The van der Waals surface area contributed by atoms with Gasteiger partial charge in [0.25, 0.3) is 0 Å². The molecule has 2 amide bonds. The minimum absolute atomic E-state index is 0.123. The Morgan fingerprint density at radius 3 is 1.81 bits per heavy atom. The second kappa shape index (κ2) is 7.48. The van der Waals surface area contributed by atoms with Gasteiger partial charge in [0.2, 0.25) is 0 Å². The van der Waals surface area contributed by atoms with E-state index >= 15 is 0 Å². The summed E-state index contributed by atoms with van der Waals surface area (Å²) in [5.41, 5.74) is 2.40. The summed E-state index contributed by atoms with van der Waals surface area (Å²) in [4.78, 5) is 11.8. The highest BCUT2D eigenvalue weighted by Crippen LogP contribution is 2.23. The van der Waals surface area contributed by atoms with E-state index in [1.807, 2.05) is 50.2 Å². The number of amides is 2. The van der Waals surface area contributed by atoms with Gasteiger partial charge in [0, 0.05) is 18.5 Å². The van der Waals surface area contributed by atoms with Crippen molar-refractivity contribution in [3.63, 3.8) is 0 Å². The van der Waals surface area contributed by atoms with Crippen molar-refractivity contribution in [3.8, 4) is 0 Å². The highest BCUT2D eigenvalue weighted by Gasteiger charge is 2.15. The Morgan fingerprint density at radius 2 is 1.38 bits per heavy atom. The summed E-state index contributed by atoms with van der Waals surface area (Å²) in [6.45, 7) is 4.48. The molecule has 0 radical (unpaired) electrons. The largest absolute Gasteiger partial charge is 0.337 e. The number of rotatable bonds is 5. The van der Waals surface area contributed by atoms with Crippen molar-refractivity contribution in [3.05, 3.63) is 71.8 Å². The maximum atomic E-state index is 11.8. The molecule has 0 aliphatic heterocycles. The maximum Gasteiger partial charge on any atom is 0.315 e. The van der Waals surface area contributed by atoms with E-state index in [0.717, 1.165) is 0 Å². The molecule has 2 rings (SSSR count). The normalized spacial score (nSPS) is 10.7. The van der Waals surface area contributed by atoms with Crippen LogP contribution in [-0.2, 0) is 0 Å². The summed E-state index contributed by atoms with van der Waals surface area (Å²) >= 11 is 0. The standard InChI is InChI=1S/C18H22N2O/c1-14(2)20-18(21)19-13-17(15-9-5-3-6-10-15)16-11-7-4-8-12-16/h3-12,14,17H,13H2,1-2H3,(H2,19,20,21). The quantitative estimate of drug-likeness (QED) is 0.865. The average Bonchev–Trinajstić information content (AvgIpc) is 2.49. The molecule has 0 heterocycles. The summed E-state index contributed by atoms with van der Waals surface area (Å²) in [5.74, 6) is 0.158. The van der Waals surface area contributed by atoms with Crippen LogP contribution >= 0.6 is 0 Å². The Bertz CT molecular complexity index is 512. The summed E-state index contributed by atoms with van der Waals surface area (Å²) < 4.78 is 0. The average molecular weight is 282 g/mol. The van der Waals surface area contributed by atoms with Crippen LogP contribution in [0.4, 0.5) is 4.79 Å². The Balaban J connectivity index is 2.12. The molecule has 0 aliphatic rings. The molecule has 3 heteroatoms. The first-order valence-electron chi connectivity index (χ1n) is 7.31. The van der Waals surface area contributed by atoms with Gasteiger partial charge < -0.3 is 10.6 Å². The molecule has 0 unspecified atom stereocenters. The molecule has 0 aromatic heterocycles. The minimum atomic E-state index is -0.123. The monoisotopic (exact) mass is 282 g/mol. The lowest BCUT2D eigenvalue weighted by molar-refractivity contribution is 0.238. The van der Waals surface area contributed by atoms with Crippen molar-refractivity contribution in [1.82, 2.24) is 10.6 Å². The van der Waals surface area contributed by atoms with Crippen LogP contribution in [0.3, 0.4) is 0 Å². The Labute approximate surface area is 126 Å².